The lowest BCUT2D eigenvalue weighted by molar-refractivity contribution is 0.0651. The van der Waals surface area contributed by atoms with E-state index in [0.29, 0.717) is 0 Å². The van der Waals surface area contributed by atoms with Crippen molar-refractivity contribution in [1.29, 1.82) is 0 Å². The quantitative estimate of drug-likeness (QED) is 0.865. The van der Waals surface area contributed by atoms with E-state index in [1.807, 2.05) is 35.4 Å². The molecule has 0 radical (unpaired) electrons. The lowest BCUT2D eigenvalue weighted by Crippen LogP contribution is -2.53. The molecule has 1 fully saturated rings. The molecule has 2 aliphatic heterocycles. The number of aromatic nitrogens is 1. The van der Waals surface area contributed by atoms with Crippen LogP contribution in [-0.2, 0) is 6.54 Å². The molecule has 0 bridgehead atoms. The smallest absolute Gasteiger partial charge is 0.317 e. The van der Waals surface area contributed by atoms with Gasteiger partial charge in [0.2, 0.25) is 0 Å². The van der Waals surface area contributed by atoms with Crippen LogP contribution in [0, 0.1) is 6.92 Å². The summed E-state index contributed by atoms with van der Waals surface area (Å²) in [6.07, 6.45) is 2.59. The molecule has 1 saturated heterocycles. The number of urea groups is 1. The van der Waals surface area contributed by atoms with Gasteiger partial charge < -0.3 is 15.0 Å². The molecule has 1 aromatic heterocycles. The highest BCUT2D eigenvalue weighted by molar-refractivity contribution is 5.75. The first-order valence-corrected chi connectivity index (χ1v) is 10.4. The Morgan fingerprint density at radius 3 is 2.72 bits per heavy atom. The number of hydrogen-bond donors (Lipinski definition) is 1. The number of nitrogens with one attached hydrogen (secondary N) is 1. The number of amides is 2. The summed E-state index contributed by atoms with van der Waals surface area (Å²) >= 11 is 0. The molecule has 6 heteroatoms. The van der Waals surface area contributed by atoms with Gasteiger partial charge in [0.15, 0.2) is 0 Å². The van der Waals surface area contributed by atoms with Gasteiger partial charge in [0.1, 0.15) is 11.4 Å². The molecule has 1 aromatic carbocycles. The van der Waals surface area contributed by atoms with Crippen LogP contribution in [-0.4, -0.2) is 52.6 Å². The number of piperazine rings is 1. The van der Waals surface area contributed by atoms with E-state index in [1.54, 1.807) is 0 Å². The van der Waals surface area contributed by atoms with Gasteiger partial charge in [0.05, 0.1) is 11.7 Å². The second-order valence-corrected chi connectivity index (χ2v) is 8.69. The fourth-order valence-corrected chi connectivity index (χ4v) is 4.17. The monoisotopic (exact) mass is 394 g/mol. The third kappa shape index (κ3) is 4.70. The number of nitrogens with zero attached hydrogens (tertiary/aromatic N) is 3. The third-order valence-corrected chi connectivity index (χ3v) is 5.69. The lowest BCUT2D eigenvalue weighted by Gasteiger charge is -2.40. The van der Waals surface area contributed by atoms with Crippen LogP contribution in [0.25, 0.3) is 0 Å². The van der Waals surface area contributed by atoms with Gasteiger partial charge in [0, 0.05) is 50.9 Å². The van der Waals surface area contributed by atoms with Crippen LogP contribution in [0.1, 0.15) is 43.1 Å². The average Bonchev–Trinajstić information content (AvgIpc) is 2.69. The highest BCUT2D eigenvalue weighted by Crippen LogP contribution is 2.39. The van der Waals surface area contributed by atoms with Gasteiger partial charge in [-0.15, -0.1) is 0 Å². The molecule has 3 heterocycles. The second kappa shape index (κ2) is 8.03. The topological polar surface area (TPSA) is 57.7 Å². The Balaban J connectivity index is 1.37. The van der Waals surface area contributed by atoms with Crippen molar-refractivity contribution in [3.8, 4) is 5.75 Å². The molecule has 0 unspecified atom stereocenters. The van der Waals surface area contributed by atoms with Crippen LogP contribution in [0.2, 0.25) is 0 Å². The molecule has 4 rings (SSSR count). The summed E-state index contributed by atoms with van der Waals surface area (Å²) < 4.78 is 6.12. The summed E-state index contributed by atoms with van der Waals surface area (Å²) in [5.74, 6) is 0.873. The van der Waals surface area contributed by atoms with Gasteiger partial charge in [-0.05, 0) is 39.0 Å². The standard InChI is InChI=1S/C23H30N4O2/c1-17-7-8-21-19(14-17)20(15-23(2,3)29-21)25-22(28)27-12-10-26(11-13-27)16-18-6-4-5-9-24-18/h4-9,14,20H,10-13,15-16H2,1-3H3,(H,25,28)/t20-/m1/s1. The first kappa shape index (κ1) is 19.7. The number of pyridine rings is 1. The van der Waals surface area contributed by atoms with Crippen LogP contribution in [0.3, 0.4) is 0 Å². The Morgan fingerprint density at radius 1 is 1.21 bits per heavy atom. The summed E-state index contributed by atoms with van der Waals surface area (Å²) in [6, 6.07) is 12.2. The van der Waals surface area contributed by atoms with Gasteiger partial charge in [-0.3, -0.25) is 9.88 Å². The van der Waals surface area contributed by atoms with E-state index in [4.69, 9.17) is 4.74 Å². The maximum Gasteiger partial charge on any atom is 0.317 e. The molecule has 1 atom stereocenters. The van der Waals surface area contributed by atoms with E-state index in [1.165, 1.54) is 5.56 Å². The SMILES string of the molecule is Cc1ccc2c(c1)[C@H](NC(=O)N1CCN(Cc3ccccn3)CC1)CC(C)(C)O2. The number of fused-ring (bicyclic) bond motifs is 1. The predicted molar refractivity (Wildman–Crippen MR) is 113 cm³/mol. The van der Waals surface area contributed by atoms with E-state index in [2.05, 4.69) is 48.1 Å². The van der Waals surface area contributed by atoms with Gasteiger partial charge in [-0.1, -0.05) is 23.8 Å². The third-order valence-electron chi connectivity index (χ3n) is 5.69. The zero-order valence-corrected chi connectivity index (χ0v) is 17.5. The largest absolute Gasteiger partial charge is 0.487 e. The Hall–Kier alpha value is -2.60. The average molecular weight is 395 g/mol. The van der Waals surface area contributed by atoms with Gasteiger partial charge in [-0.2, -0.15) is 0 Å². The molecular weight excluding hydrogens is 364 g/mol. The number of rotatable bonds is 3. The number of benzene rings is 1. The number of ether oxygens (including phenoxy) is 1. The van der Waals surface area contributed by atoms with Gasteiger partial charge >= 0.3 is 6.03 Å². The Bertz CT molecular complexity index is 860. The van der Waals surface area contributed by atoms with Crippen molar-refractivity contribution < 1.29 is 9.53 Å². The van der Waals surface area contributed by atoms with Crippen molar-refractivity contribution in [3.63, 3.8) is 0 Å². The van der Waals surface area contributed by atoms with Crippen molar-refractivity contribution in [2.45, 2.75) is 45.4 Å². The van der Waals surface area contributed by atoms with E-state index in [-0.39, 0.29) is 17.7 Å². The van der Waals surface area contributed by atoms with E-state index in [0.717, 1.165) is 56.2 Å². The molecule has 2 aromatic rings. The van der Waals surface area contributed by atoms with Gasteiger partial charge in [-0.25, -0.2) is 4.79 Å². The minimum atomic E-state index is -0.304. The van der Waals surface area contributed by atoms with Crippen LogP contribution in [0.15, 0.2) is 42.6 Å². The fraction of sp³-hybridized carbons (Fsp3) is 0.478. The summed E-state index contributed by atoms with van der Waals surface area (Å²) in [5, 5.41) is 3.27. The molecule has 1 N–H and O–H groups in total. The van der Waals surface area contributed by atoms with E-state index in [9.17, 15) is 4.79 Å². The number of hydrogen-bond acceptors (Lipinski definition) is 4. The summed E-state index contributed by atoms with van der Waals surface area (Å²) in [4.78, 5) is 21.7. The zero-order chi connectivity index (χ0) is 20.4. The number of aryl methyl sites for hydroxylation is 1. The maximum absolute atomic E-state index is 13.0. The molecule has 0 saturated carbocycles. The first-order valence-electron chi connectivity index (χ1n) is 10.4. The molecule has 6 nitrogen and oxygen atoms in total. The molecular formula is C23H30N4O2. The molecule has 0 spiro atoms. The Kier molecular flexibility index (Phi) is 5.46. The fourth-order valence-electron chi connectivity index (χ4n) is 4.17. The number of carbonyl (C=O) groups excluding carboxylic acids is 1. The van der Waals surface area contributed by atoms with Crippen molar-refractivity contribution in [3.05, 3.63) is 59.4 Å². The lowest BCUT2D eigenvalue weighted by atomic mass is 9.89. The van der Waals surface area contributed by atoms with E-state index < -0.39 is 0 Å². The molecule has 29 heavy (non-hydrogen) atoms. The minimum Gasteiger partial charge on any atom is -0.487 e. The molecule has 0 aliphatic carbocycles. The highest BCUT2D eigenvalue weighted by Gasteiger charge is 2.35. The van der Waals surface area contributed by atoms with Crippen LogP contribution in [0.4, 0.5) is 4.79 Å². The van der Waals surface area contributed by atoms with Gasteiger partial charge in [0.25, 0.3) is 0 Å². The predicted octanol–water partition coefficient (Wildman–Crippen LogP) is 3.52. The van der Waals surface area contributed by atoms with Crippen molar-refractivity contribution >= 4 is 6.03 Å². The van der Waals surface area contributed by atoms with E-state index >= 15 is 0 Å². The highest BCUT2D eigenvalue weighted by atomic mass is 16.5. The zero-order valence-electron chi connectivity index (χ0n) is 17.5. The van der Waals surface area contributed by atoms with Crippen molar-refractivity contribution in [2.24, 2.45) is 0 Å². The summed E-state index contributed by atoms with van der Waals surface area (Å²) in [7, 11) is 0. The minimum absolute atomic E-state index is 0.0117. The molecule has 2 aliphatic rings. The van der Waals surface area contributed by atoms with Crippen molar-refractivity contribution in [2.75, 3.05) is 26.2 Å². The van der Waals surface area contributed by atoms with Crippen LogP contribution in [0.5, 0.6) is 5.75 Å². The number of carbonyl (C=O) groups is 1. The summed E-state index contributed by atoms with van der Waals surface area (Å²) in [5.41, 5.74) is 3.02. The first-order chi connectivity index (χ1) is 13.9. The van der Waals surface area contributed by atoms with Crippen LogP contribution < -0.4 is 10.1 Å². The Labute approximate surface area is 172 Å². The second-order valence-electron chi connectivity index (χ2n) is 8.69. The van der Waals surface area contributed by atoms with Crippen LogP contribution >= 0.6 is 0 Å². The normalized spacial score (nSPS) is 21.2. The summed E-state index contributed by atoms with van der Waals surface area (Å²) in [6.45, 7) is 10.2. The molecule has 2 amide bonds. The Morgan fingerprint density at radius 2 is 2.00 bits per heavy atom. The molecule has 154 valence electrons. The van der Waals surface area contributed by atoms with Crippen molar-refractivity contribution in [1.82, 2.24) is 20.1 Å². The maximum atomic E-state index is 13.0.